The number of nitrogens with zero attached hydrogens (tertiary/aromatic N) is 3. The van der Waals surface area contributed by atoms with E-state index in [0.29, 0.717) is 37.7 Å². The highest BCUT2D eigenvalue weighted by Crippen LogP contribution is 2.23. The van der Waals surface area contributed by atoms with Crippen molar-refractivity contribution in [2.75, 3.05) is 19.8 Å². The summed E-state index contributed by atoms with van der Waals surface area (Å²) >= 11 is 0. The zero-order valence-electron chi connectivity index (χ0n) is 13.4. The van der Waals surface area contributed by atoms with Crippen LogP contribution in [-0.4, -0.2) is 42.3 Å². The van der Waals surface area contributed by atoms with Gasteiger partial charge < -0.3 is 4.74 Å². The quantitative estimate of drug-likeness (QED) is 0.591. The second kappa shape index (κ2) is 7.29. The van der Waals surface area contributed by atoms with Gasteiger partial charge >= 0.3 is 0 Å². The van der Waals surface area contributed by atoms with E-state index >= 15 is 0 Å². The van der Waals surface area contributed by atoms with Crippen LogP contribution in [0.2, 0.25) is 0 Å². The van der Waals surface area contributed by atoms with Gasteiger partial charge in [-0.1, -0.05) is 24.3 Å². The maximum atomic E-state index is 13.0. The first-order chi connectivity index (χ1) is 11.6. The SMILES string of the molecule is C=CCOC[C@@H]1CN(S(=O)(=O)c2ccccc2)Cc2ccnn2C1. The average Bonchev–Trinajstić information content (AvgIpc) is 2.94. The van der Waals surface area contributed by atoms with Gasteiger partial charge in [-0.15, -0.1) is 6.58 Å². The second-order valence-corrected chi connectivity index (χ2v) is 7.75. The Hall–Kier alpha value is -1.96. The number of fused-ring (bicyclic) bond motifs is 1. The van der Waals surface area contributed by atoms with Crippen LogP contribution in [0.5, 0.6) is 0 Å². The molecule has 0 saturated carbocycles. The average molecular weight is 347 g/mol. The van der Waals surface area contributed by atoms with Crippen molar-refractivity contribution in [3.05, 3.63) is 60.9 Å². The summed E-state index contributed by atoms with van der Waals surface area (Å²) in [6, 6.07) is 10.4. The van der Waals surface area contributed by atoms with E-state index in [1.807, 2.05) is 16.8 Å². The number of hydrogen-bond donors (Lipinski definition) is 0. The molecule has 128 valence electrons. The molecule has 0 saturated heterocycles. The van der Waals surface area contributed by atoms with E-state index in [9.17, 15) is 8.42 Å². The minimum absolute atomic E-state index is 0.0320. The Morgan fingerprint density at radius 1 is 1.25 bits per heavy atom. The Balaban J connectivity index is 1.88. The van der Waals surface area contributed by atoms with E-state index in [1.165, 1.54) is 4.31 Å². The number of rotatable bonds is 6. The molecule has 0 bridgehead atoms. The summed E-state index contributed by atoms with van der Waals surface area (Å²) in [6.45, 7) is 5.91. The molecule has 0 amide bonds. The Morgan fingerprint density at radius 3 is 2.79 bits per heavy atom. The predicted octanol–water partition coefficient (Wildman–Crippen LogP) is 1.91. The van der Waals surface area contributed by atoms with Gasteiger partial charge in [-0.3, -0.25) is 4.68 Å². The van der Waals surface area contributed by atoms with Crippen molar-refractivity contribution >= 4 is 10.0 Å². The molecule has 1 atom stereocenters. The maximum Gasteiger partial charge on any atom is 0.243 e. The zero-order chi connectivity index (χ0) is 17.0. The number of aromatic nitrogens is 2. The molecular weight excluding hydrogens is 326 g/mol. The summed E-state index contributed by atoms with van der Waals surface area (Å²) in [5.74, 6) is 0.0320. The van der Waals surface area contributed by atoms with E-state index in [2.05, 4.69) is 11.7 Å². The molecule has 1 aromatic carbocycles. The molecule has 0 unspecified atom stereocenters. The molecule has 0 spiro atoms. The Labute approximate surface area is 142 Å². The summed E-state index contributed by atoms with van der Waals surface area (Å²) in [7, 11) is -3.55. The largest absolute Gasteiger partial charge is 0.377 e. The van der Waals surface area contributed by atoms with Crippen LogP contribution < -0.4 is 0 Å². The lowest BCUT2D eigenvalue weighted by molar-refractivity contribution is 0.107. The van der Waals surface area contributed by atoms with Crippen LogP contribution in [0, 0.1) is 5.92 Å². The van der Waals surface area contributed by atoms with Gasteiger partial charge in [-0.05, 0) is 18.2 Å². The van der Waals surface area contributed by atoms with Crippen molar-refractivity contribution in [1.82, 2.24) is 14.1 Å². The van der Waals surface area contributed by atoms with Gasteiger partial charge in [0.05, 0.1) is 30.3 Å². The van der Waals surface area contributed by atoms with Gasteiger partial charge in [0.1, 0.15) is 0 Å². The molecule has 0 fully saturated rings. The molecular formula is C17H21N3O3S. The highest BCUT2D eigenvalue weighted by Gasteiger charge is 2.31. The van der Waals surface area contributed by atoms with Crippen LogP contribution in [0.1, 0.15) is 5.69 Å². The lowest BCUT2D eigenvalue weighted by atomic mass is 10.1. The zero-order valence-corrected chi connectivity index (χ0v) is 14.2. The van der Waals surface area contributed by atoms with Crippen molar-refractivity contribution in [2.45, 2.75) is 18.0 Å². The lowest BCUT2D eigenvalue weighted by Crippen LogP contribution is -2.35. The van der Waals surface area contributed by atoms with Gasteiger partial charge in [0.15, 0.2) is 0 Å². The molecule has 0 aliphatic carbocycles. The van der Waals surface area contributed by atoms with Gasteiger partial charge in [0.2, 0.25) is 10.0 Å². The number of hydrogen-bond acceptors (Lipinski definition) is 4. The third kappa shape index (κ3) is 3.58. The van der Waals surface area contributed by atoms with Crippen LogP contribution >= 0.6 is 0 Å². The van der Waals surface area contributed by atoms with Crippen molar-refractivity contribution in [1.29, 1.82) is 0 Å². The molecule has 1 aliphatic heterocycles. The number of sulfonamides is 1. The van der Waals surface area contributed by atoms with Crippen LogP contribution in [-0.2, 0) is 27.8 Å². The Kier molecular flexibility index (Phi) is 5.13. The van der Waals surface area contributed by atoms with E-state index in [4.69, 9.17) is 4.74 Å². The maximum absolute atomic E-state index is 13.0. The van der Waals surface area contributed by atoms with Crippen LogP contribution in [0.4, 0.5) is 0 Å². The minimum Gasteiger partial charge on any atom is -0.377 e. The van der Waals surface area contributed by atoms with Crippen LogP contribution in [0.3, 0.4) is 0 Å². The molecule has 6 nitrogen and oxygen atoms in total. The standard InChI is InChI=1S/C17H21N3O3S/c1-2-10-23-14-15-11-19(13-16-8-9-18-20(16)12-15)24(21,22)17-6-4-3-5-7-17/h2-9,15H,1,10-14H2/t15-/m1/s1. The minimum atomic E-state index is -3.55. The summed E-state index contributed by atoms with van der Waals surface area (Å²) in [5, 5.41) is 4.30. The first-order valence-corrected chi connectivity index (χ1v) is 9.30. The third-order valence-corrected chi connectivity index (χ3v) is 5.83. The van der Waals surface area contributed by atoms with E-state index in [1.54, 1.807) is 36.5 Å². The molecule has 0 N–H and O–H groups in total. The molecule has 24 heavy (non-hydrogen) atoms. The van der Waals surface area contributed by atoms with E-state index in [0.717, 1.165) is 5.69 Å². The Morgan fingerprint density at radius 2 is 2.04 bits per heavy atom. The number of benzene rings is 1. The summed E-state index contributed by atoms with van der Waals surface area (Å²) in [6.07, 6.45) is 3.39. The van der Waals surface area contributed by atoms with Gasteiger partial charge in [-0.25, -0.2) is 8.42 Å². The highest BCUT2D eigenvalue weighted by atomic mass is 32.2. The van der Waals surface area contributed by atoms with Gasteiger partial charge in [-0.2, -0.15) is 9.40 Å². The van der Waals surface area contributed by atoms with Crippen LogP contribution in [0.15, 0.2) is 60.1 Å². The monoisotopic (exact) mass is 347 g/mol. The van der Waals surface area contributed by atoms with Crippen molar-refractivity contribution in [2.24, 2.45) is 5.92 Å². The van der Waals surface area contributed by atoms with Gasteiger partial charge in [0.25, 0.3) is 0 Å². The van der Waals surface area contributed by atoms with Crippen LogP contribution in [0.25, 0.3) is 0 Å². The van der Waals surface area contributed by atoms with E-state index in [-0.39, 0.29) is 5.92 Å². The summed E-state index contributed by atoms with van der Waals surface area (Å²) in [5.41, 5.74) is 0.890. The molecule has 2 aromatic rings. The van der Waals surface area contributed by atoms with Gasteiger partial charge in [0, 0.05) is 25.2 Å². The van der Waals surface area contributed by atoms with Crippen molar-refractivity contribution < 1.29 is 13.2 Å². The lowest BCUT2D eigenvalue weighted by Gasteiger charge is -2.23. The smallest absolute Gasteiger partial charge is 0.243 e. The third-order valence-electron chi connectivity index (χ3n) is 4.01. The molecule has 0 radical (unpaired) electrons. The molecule has 7 heteroatoms. The first-order valence-electron chi connectivity index (χ1n) is 7.86. The Bertz CT molecular complexity index is 786. The fourth-order valence-corrected chi connectivity index (χ4v) is 4.35. The first kappa shape index (κ1) is 16.9. The molecule has 1 aliphatic rings. The fraction of sp³-hybridized carbons (Fsp3) is 0.353. The summed E-state index contributed by atoms with van der Waals surface area (Å²) < 4.78 is 34.9. The predicted molar refractivity (Wildman–Crippen MR) is 90.8 cm³/mol. The van der Waals surface area contributed by atoms with E-state index < -0.39 is 10.0 Å². The highest BCUT2D eigenvalue weighted by molar-refractivity contribution is 7.89. The normalized spacial score (nSPS) is 18.8. The van der Waals surface area contributed by atoms with Crippen molar-refractivity contribution in [3.8, 4) is 0 Å². The van der Waals surface area contributed by atoms with Crippen molar-refractivity contribution in [3.63, 3.8) is 0 Å². The molecule has 2 heterocycles. The number of ether oxygens (including phenoxy) is 1. The molecule has 1 aromatic heterocycles. The topological polar surface area (TPSA) is 64.4 Å². The fourth-order valence-electron chi connectivity index (χ4n) is 2.84. The molecule has 3 rings (SSSR count). The second-order valence-electron chi connectivity index (χ2n) is 5.81. The summed E-state index contributed by atoms with van der Waals surface area (Å²) in [4.78, 5) is 0.309.